The van der Waals surface area contributed by atoms with Gasteiger partial charge in [-0.05, 0) is 35.6 Å². The highest BCUT2D eigenvalue weighted by Crippen LogP contribution is 2.41. The lowest BCUT2D eigenvalue weighted by Crippen LogP contribution is -2.49. The van der Waals surface area contributed by atoms with Crippen LogP contribution in [0, 0.1) is 0 Å². The lowest BCUT2D eigenvalue weighted by molar-refractivity contribution is -0.129. The third-order valence-corrected chi connectivity index (χ3v) is 7.27. The summed E-state index contributed by atoms with van der Waals surface area (Å²) in [5.74, 6) is 1.43. The minimum atomic E-state index is 0. The van der Waals surface area contributed by atoms with Crippen molar-refractivity contribution in [2.24, 2.45) is 0 Å². The second-order valence-electron chi connectivity index (χ2n) is 6.31. The number of fused-ring (bicyclic) bond motifs is 1. The summed E-state index contributed by atoms with van der Waals surface area (Å²) in [5, 5.41) is 5.60. The molecular formula is C16H24ClN3OS2. The normalized spacial score (nSPS) is 28.3. The summed E-state index contributed by atoms with van der Waals surface area (Å²) in [4.78, 5) is 19.1. The Bertz CT molecular complexity index is 547. The van der Waals surface area contributed by atoms with Gasteiger partial charge in [0, 0.05) is 50.2 Å². The van der Waals surface area contributed by atoms with Crippen molar-refractivity contribution < 1.29 is 4.79 Å². The number of aryl methyl sites for hydroxylation is 1. The van der Waals surface area contributed by atoms with E-state index in [1.807, 2.05) is 23.1 Å². The van der Waals surface area contributed by atoms with Crippen molar-refractivity contribution in [3.8, 4) is 0 Å². The van der Waals surface area contributed by atoms with Gasteiger partial charge in [-0.2, -0.15) is 0 Å². The monoisotopic (exact) mass is 373 g/mol. The molecule has 4 rings (SSSR count). The molecule has 128 valence electrons. The second kappa shape index (κ2) is 7.74. The average Bonchev–Trinajstić information content (AvgIpc) is 3.24. The van der Waals surface area contributed by atoms with Gasteiger partial charge in [0.05, 0.1) is 0 Å². The summed E-state index contributed by atoms with van der Waals surface area (Å²) in [6.45, 7) is 6.28. The number of thiophene rings is 1. The molecule has 23 heavy (non-hydrogen) atoms. The number of rotatable bonds is 2. The zero-order valence-electron chi connectivity index (χ0n) is 13.2. The van der Waals surface area contributed by atoms with Crippen molar-refractivity contribution in [1.82, 2.24) is 15.1 Å². The Morgan fingerprint density at radius 2 is 2.09 bits per heavy atom. The van der Waals surface area contributed by atoms with Crippen LogP contribution in [0.1, 0.15) is 22.1 Å². The van der Waals surface area contributed by atoms with Crippen LogP contribution in [0.3, 0.4) is 0 Å². The molecule has 3 aliphatic rings. The van der Waals surface area contributed by atoms with Gasteiger partial charge in [-0.1, -0.05) is 0 Å². The number of halogens is 1. The number of hydrogen-bond acceptors (Lipinski definition) is 5. The van der Waals surface area contributed by atoms with Crippen LogP contribution < -0.4 is 5.32 Å². The number of carbonyl (C=O) groups excluding carboxylic acids is 1. The zero-order chi connectivity index (χ0) is 14.9. The van der Waals surface area contributed by atoms with Crippen molar-refractivity contribution in [2.45, 2.75) is 24.1 Å². The predicted octanol–water partition coefficient (Wildman–Crippen LogP) is 2.01. The fourth-order valence-corrected chi connectivity index (χ4v) is 6.18. The SMILES string of the molecule is Cl.O=C(C1SCCc2sccc21)N1CCC(N2CCNCC2)C1. The van der Waals surface area contributed by atoms with Gasteiger partial charge in [-0.15, -0.1) is 35.5 Å². The maximum absolute atomic E-state index is 13.0. The third-order valence-electron chi connectivity index (χ3n) is 5.04. The van der Waals surface area contributed by atoms with E-state index in [9.17, 15) is 4.79 Å². The van der Waals surface area contributed by atoms with Crippen LogP contribution >= 0.6 is 35.5 Å². The van der Waals surface area contributed by atoms with Crippen molar-refractivity contribution in [3.05, 3.63) is 21.9 Å². The Hall–Kier alpha value is -0.270. The first kappa shape index (κ1) is 17.5. The molecule has 0 aliphatic carbocycles. The van der Waals surface area contributed by atoms with Gasteiger partial charge in [-0.25, -0.2) is 0 Å². The van der Waals surface area contributed by atoms with E-state index in [0.717, 1.165) is 57.9 Å². The zero-order valence-corrected chi connectivity index (χ0v) is 15.7. The second-order valence-corrected chi connectivity index (χ2v) is 8.53. The average molecular weight is 374 g/mol. The molecule has 0 aromatic carbocycles. The number of hydrogen-bond donors (Lipinski definition) is 1. The highest BCUT2D eigenvalue weighted by molar-refractivity contribution is 8.00. The molecule has 1 amide bonds. The Balaban J connectivity index is 0.00000156. The maximum atomic E-state index is 13.0. The highest BCUT2D eigenvalue weighted by Gasteiger charge is 2.36. The predicted molar refractivity (Wildman–Crippen MR) is 99.9 cm³/mol. The van der Waals surface area contributed by atoms with Crippen LogP contribution in [0.25, 0.3) is 0 Å². The van der Waals surface area contributed by atoms with Gasteiger partial charge < -0.3 is 10.2 Å². The number of nitrogens with zero attached hydrogens (tertiary/aromatic N) is 2. The molecule has 7 heteroatoms. The van der Waals surface area contributed by atoms with Crippen LogP contribution in [0.5, 0.6) is 0 Å². The number of nitrogens with one attached hydrogen (secondary N) is 1. The Morgan fingerprint density at radius 3 is 2.91 bits per heavy atom. The Morgan fingerprint density at radius 1 is 1.26 bits per heavy atom. The van der Waals surface area contributed by atoms with Crippen LogP contribution in [0.2, 0.25) is 0 Å². The molecule has 0 radical (unpaired) electrons. The lowest BCUT2D eigenvalue weighted by atomic mass is 10.1. The van der Waals surface area contributed by atoms with Crippen molar-refractivity contribution >= 4 is 41.4 Å². The minimum absolute atomic E-state index is 0. The first-order chi connectivity index (χ1) is 10.8. The molecule has 1 aromatic heterocycles. The quantitative estimate of drug-likeness (QED) is 0.860. The molecule has 0 bridgehead atoms. The van der Waals surface area contributed by atoms with E-state index in [1.54, 1.807) is 0 Å². The molecule has 2 atom stereocenters. The molecule has 3 aliphatic heterocycles. The van der Waals surface area contributed by atoms with Crippen LogP contribution in [-0.2, 0) is 11.2 Å². The van der Waals surface area contributed by atoms with Crippen molar-refractivity contribution in [1.29, 1.82) is 0 Å². The van der Waals surface area contributed by atoms with E-state index >= 15 is 0 Å². The van der Waals surface area contributed by atoms with Gasteiger partial charge >= 0.3 is 0 Å². The topological polar surface area (TPSA) is 35.6 Å². The first-order valence-electron chi connectivity index (χ1n) is 8.24. The van der Waals surface area contributed by atoms with E-state index in [4.69, 9.17) is 0 Å². The summed E-state index contributed by atoms with van der Waals surface area (Å²) in [7, 11) is 0. The van der Waals surface area contributed by atoms with Gasteiger partial charge in [0.1, 0.15) is 5.25 Å². The summed E-state index contributed by atoms with van der Waals surface area (Å²) in [6.07, 6.45) is 2.27. The summed E-state index contributed by atoms with van der Waals surface area (Å²) in [6, 6.07) is 2.74. The standard InChI is InChI=1S/C16H23N3OS2.ClH/c20-16(15-13-2-9-21-14(13)3-10-22-15)19-6-1-12(11-19)18-7-4-17-5-8-18;/h2,9,12,15,17H,1,3-8,10-11H2;1H. The van der Waals surface area contributed by atoms with Gasteiger partial charge in [0.25, 0.3) is 0 Å². The molecule has 4 nitrogen and oxygen atoms in total. The van der Waals surface area contributed by atoms with Gasteiger partial charge in [0.2, 0.25) is 5.91 Å². The van der Waals surface area contributed by atoms with Crippen LogP contribution in [0.15, 0.2) is 11.4 Å². The van der Waals surface area contributed by atoms with E-state index in [2.05, 4.69) is 26.6 Å². The van der Waals surface area contributed by atoms with Crippen LogP contribution in [0.4, 0.5) is 0 Å². The lowest BCUT2D eigenvalue weighted by Gasteiger charge is -2.33. The number of amides is 1. The number of carbonyl (C=O) groups is 1. The number of likely N-dealkylation sites (tertiary alicyclic amines) is 1. The minimum Gasteiger partial charge on any atom is -0.340 e. The largest absolute Gasteiger partial charge is 0.340 e. The molecule has 2 unspecified atom stereocenters. The molecule has 4 heterocycles. The van der Waals surface area contributed by atoms with Gasteiger partial charge in [0.15, 0.2) is 0 Å². The van der Waals surface area contributed by atoms with E-state index in [-0.39, 0.29) is 17.7 Å². The van der Waals surface area contributed by atoms with E-state index in [1.165, 1.54) is 10.4 Å². The molecule has 2 saturated heterocycles. The number of thioether (sulfide) groups is 1. The Labute approximate surface area is 152 Å². The molecule has 1 N–H and O–H groups in total. The molecule has 0 spiro atoms. The molecule has 1 aromatic rings. The Kier molecular flexibility index (Phi) is 5.91. The fourth-order valence-electron chi connectivity index (χ4n) is 3.80. The summed E-state index contributed by atoms with van der Waals surface area (Å²) in [5.41, 5.74) is 1.29. The van der Waals surface area contributed by atoms with E-state index in [0.29, 0.717) is 11.9 Å². The van der Waals surface area contributed by atoms with E-state index < -0.39 is 0 Å². The summed E-state index contributed by atoms with van der Waals surface area (Å²) >= 11 is 3.65. The number of piperazine rings is 1. The summed E-state index contributed by atoms with van der Waals surface area (Å²) < 4.78 is 0. The molecular weight excluding hydrogens is 350 g/mol. The third kappa shape index (κ3) is 3.56. The first-order valence-corrected chi connectivity index (χ1v) is 10.2. The van der Waals surface area contributed by atoms with Gasteiger partial charge in [-0.3, -0.25) is 9.69 Å². The van der Waals surface area contributed by atoms with Crippen molar-refractivity contribution in [3.63, 3.8) is 0 Å². The van der Waals surface area contributed by atoms with Crippen molar-refractivity contribution in [2.75, 3.05) is 45.0 Å². The maximum Gasteiger partial charge on any atom is 0.240 e. The smallest absolute Gasteiger partial charge is 0.240 e. The fraction of sp³-hybridized carbons (Fsp3) is 0.688. The highest BCUT2D eigenvalue weighted by atomic mass is 35.5. The molecule has 0 saturated carbocycles. The molecule has 2 fully saturated rings. The van der Waals surface area contributed by atoms with Crippen LogP contribution in [-0.4, -0.2) is 66.8 Å².